The van der Waals surface area contributed by atoms with Gasteiger partial charge in [0.1, 0.15) is 5.82 Å². The van der Waals surface area contributed by atoms with Gasteiger partial charge in [0, 0.05) is 22.9 Å². The average molecular weight is 575 g/mol. The molecule has 6 nitrogen and oxygen atoms in total. The summed E-state index contributed by atoms with van der Waals surface area (Å²) in [5.41, 5.74) is 2.44. The van der Waals surface area contributed by atoms with E-state index < -0.39 is 24.0 Å². The van der Waals surface area contributed by atoms with E-state index in [0.717, 1.165) is 35.9 Å². The summed E-state index contributed by atoms with van der Waals surface area (Å²) in [5, 5.41) is 15.8. The van der Waals surface area contributed by atoms with Crippen molar-refractivity contribution in [2.45, 2.75) is 37.0 Å². The number of carboxylic acid groups (broad SMARTS) is 1. The summed E-state index contributed by atoms with van der Waals surface area (Å²) in [6.45, 7) is 0. The smallest absolute Gasteiger partial charge is 0.355 e. The molecule has 0 atom stereocenters. The summed E-state index contributed by atoms with van der Waals surface area (Å²) in [6.07, 6.45) is -0.122. The Labute approximate surface area is 228 Å². The van der Waals surface area contributed by atoms with Crippen LogP contribution in [0.15, 0.2) is 46.7 Å². The molecule has 2 N–H and O–H groups in total. The first-order valence-electron chi connectivity index (χ1n) is 11.8. The number of thiol groups is 1. The van der Waals surface area contributed by atoms with E-state index >= 15 is 0 Å². The summed E-state index contributed by atoms with van der Waals surface area (Å²) >= 11 is 0.895. The Morgan fingerprint density at radius 2 is 1.97 bits per heavy atom. The highest BCUT2D eigenvalue weighted by Gasteiger charge is 2.29. The summed E-state index contributed by atoms with van der Waals surface area (Å²) in [7, 11) is 0. The normalized spacial score (nSPS) is 13.0. The maximum atomic E-state index is 14.5. The molecule has 0 aliphatic heterocycles. The number of aromatic nitrogens is 3. The maximum absolute atomic E-state index is 14.5. The van der Waals surface area contributed by atoms with Crippen LogP contribution in [0.2, 0.25) is 0 Å². The van der Waals surface area contributed by atoms with E-state index in [1.807, 2.05) is 0 Å². The van der Waals surface area contributed by atoms with Gasteiger partial charge < -0.3 is 5.11 Å². The second-order valence-electron chi connectivity index (χ2n) is 8.98. The molecule has 39 heavy (non-hydrogen) atoms. The summed E-state index contributed by atoms with van der Waals surface area (Å²) < 4.78 is 65.2. The van der Waals surface area contributed by atoms with Crippen LogP contribution in [-0.2, 0) is 24.9 Å². The van der Waals surface area contributed by atoms with Gasteiger partial charge in [-0.15, -0.1) is 11.3 Å². The molecule has 0 saturated heterocycles. The first-order valence-corrected chi connectivity index (χ1v) is 13.5. The summed E-state index contributed by atoms with van der Waals surface area (Å²) in [6, 6.07) is 8.39. The Bertz CT molecular complexity index is 1620. The Morgan fingerprint density at radius 1 is 1.18 bits per heavy atom. The van der Waals surface area contributed by atoms with Crippen LogP contribution in [0.1, 0.15) is 45.7 Å². The number of nitrogens with zero attached hydrogens (tertiary/aromatic N) is 3. The number of alkyl halides is 2. The van der Waals surface area contributed by atoms with Crippen molar-refractivity contribution >= 4 is 29.3 Å². The van der Waals surface area contributed by atoms with Gasteiger partial charge >= 0.3 is 5.97 Å². The van der Waals surface area contributed by atoms with Gasteiger partial charge in [-0.05, 0) is 67.0 Å². The van der Waals surface area contributed by atoms with Crippen LogP contribution in [-0.4, -0.2) is 36.8 Å². The second kappa shape index (κ2) is 11.2. The van der Waals surface area contributed by atoms with E-state index in [0.29, 0.717) is 39.9 Å². The molecule has 1 fully saturated rings. The van der Waals surface area contributed by atoms with Gasteiger partial charge in [-0.1, -0.05) is 12.0 Å². The van der Waals surface area contributed by atoms with Crippen molar-refractivity contribution in [3.8, 4) is 28.2 Å². The average Bonchev–Trinajstić information content (AvgIpc) is 3.46. The van der Waals surface area contributed by atoms with Crippen molar-refractivity contribution in [2.75, 3.05) is 0 Å². The van der Waals surface area contributed by atoms with Crippen LogP contribution in [0, 0.1) is 29.4 Å². The SMILES string of the molecule is O=C(O)c1csc(-n2nc(-c3ccc(F)c(C#CC(F)F)c3)c(Cc3ccc([SH+]O)c(F)c3)c2CC2CC2)n1. The molecular weight excluding hydrogens is 554 g/mol. The first-order chi connectivity index (χ1) is 18.7. The molecule has 1 saturated carbocycles. The highest BCUT2D eigenvalue weighted by Crippen LogP contribution is 2.38. The lowest BCUT2D eigenvalue weighted by atomic mass is 9.96. The van der Waals surface area contributed by atoms with Crippen LogP contribution in [0.4, 0.5) is 17.6 Å². The van der Waals surface area contributed by atoms with Crippen molar-refractivity contribution in [1.82, 2.24) is 14.8 Å². The highest BCUT2D eigenvalue weighted by molar-refractivity contribution is 7.72. The van der Waals surface area contributed by atoms with Gasteiger partial charge in [-0.3, -0.25) is 0 Å². The van der Waals surface area contributed by atoms with E-state index in [2.05, 4.69) is 10.9 Å². The van der Waals surface area contributed by atoms with Crippen LogP contribution in [0.25, 0.3) is 16.4 Å². The quantitative estimate of drug-likeness (QED) is 0.121. The number of hydrogen-bond acceptors (Lipinski definition) is 5. The Morgan fingerprint density at radius 3 is 2.62 bits per heavy atom. The number of thiazole rings is 1. The lowest BCUT2D eigenvalue weighted by Gasteiger charge is -2.09. The maximum Gasteiger partial charge on any atom is 0.355 e. The van der Waals surface area contributed by atoms with Gasteiger partial charge in [0.2, 0.25) is 10.0 Å². The van der Waals surface area contributed by atoms with E-state index in [4.69, 9.17) is 5.10 Å². The molecule has 0 bridgehead atoms. The number of carboxylic acids is 1. The largest absolute Gasteiger partial charge is 0.476 e. The molecule has 0 amide bonds. The molecule has 2 aromatic carbocycles. The van der Waals surface area contributed by atoms with Crippen LogP contribution < -0.4 is 0 Å². The number of rotatable bonds is 8. The van der Waals surface area contributed by atoms with Crippen molar-refractivity contribution in [2.24, 2.45) is 5.92 Å². The third-order valence-corrected chi connectivity index (χ3v) is 7.61. The predicted molar refractivity (Wildman–Crippen MR) is 140 cm³/mol. The third kappa shape index (κ3) is 6.00. The first kappa shape index (κ1) is 26.9. The van der Waals surface area contributed by atoms with Gasteiger partial charge in [0.15, 0.2) is 23.6 Å². The molecule has 4 aromatic rings. The molecule has 5 rings (SSSR count). The van der Waals surface area contributed by atoms with E-state index in [1.54, 1.807) is 16.7 Å². The Kier molecular flexibility index (Phi) is 7.74. The van der Waals surface area contributed by atoms with Crippen LogP contribution in [0.5, 0.6) is 0 Å². The molecule has 2 aromatic heterocycles. The predicted octanol–water partition coefficient (Wildman–Crippen LogP) is 5.78. The minimum absolute atomic E-state index is 0.123. The molecule has 0 radical (unpaired) electrons. The minimum Gasteiger partial charge on any atom is -0.476 e. The van der Waals surface area contributed by atoms with Gasteiger partial charge in [-0.25, -0.2) is 23.2 Å². The monoisotopic (exact) mass is 574 g/mol. The number of aromatic carboxylic acids is 1. The number of hydrogen-bond donors (Lipinski definition) is 2. The van der Waals surface area contributed by atoms with E-state index in [1.165, 1.54) is 29.6 Å². The fourth-order valence-electron chi connectivity index (χ4n) is 4.17. The van der Waals surface area contributed by atoms with Crippen molar-refractivity contribution in [3.05, 3.63) is 81.5 Å². The lowest BCUT2D eigenvalue weighted by Crippen LogP contribution is -2.06. The van der Waals surface area contributed by atoms with E-state index in [-0.39, 0.29) is 34.6 Å². The fourth-order valence-corrected chi connectivity index (χ4v) is 5.25. The number of benzene rings is 2. The molecule has 1 aliphatic carbocycles. The molecule has 0 spiro atoms. The van der Waals surface area contributed by atoms with Gasteiger partial charge in [0.05, 0.1) is 17.0 Å². The molecule has 12 heteroatoms. The zero-order chi connectivity index (χ0) is 27.7. The van der Waals surface area contributed by atoms with Crippen molar-refractivity contribution in [1.29, 1.82) is 0 Å². The van der Waals surface area contributed by atoms with Crippen molar-refractivity contribution in [3.63, 3.8) is 0 Å². The molecule has 2 heterocycles. The highest BCUT2D eigenvalue weighted by atomic mass is 32.2. The topological polar surface area (TPSA) is 88.2 Å². The van der Waals surface area contributed by atoms with Crippen LogP contribution in [0.3, 0.4) is 0 Å². The lowest BCUT2D eigenvalue weighted by molar-refractivity contribution is 0.0691. The van der Waals surface area contributed by atoms with Crippen molar-refractivity contribution < 1.29 is 32.0 Å². The standard InChI is InChI=1S/C27H19F4N3O3S2/c28-19-6-4-17(12-16(19)5-8-24(30)31)25-18(9-15-3-7-23(39-37)20(29)10-15)22(11-14-1-2-14)34(33-25)27-32-21(13-38-27)26(35)36/h3-4,6-7,10,12-14,24,37H,1-2,9,11H2,(H,35,36)/p+1. The van der Waals surface area contributed by atoms with Gasteiger partial charge in [-0.2, -0.15) is 18.4 Å². The summed E-state index contributed by atoms with van der Waals surface area (Å²) in [4.78, 5) is 15.8. The summed E-state index contributed by atoms with van der Waals surface area (Å²) in [5.74, 6) is 1.68. The fraction of sp³-hybridized carbons (Fsp3) is 0.222. The zero-order valence-corrected chi connectivity index (χ0v) is 21.7. The third-order valence-electron chi connectivity index (χ3n) is 6.22. The number of halogens is 4. The zero-order valence-electron chi connectivity index (χ0n) is 20.0. The molecule has 1 aliphatic rings. The Balaban J connectivity index is 1.69. The van der Waals surface area contributed by atoms with Crippen LogP contribution >= 0.6 is 11.3 Å². The minimum atomic E-state index is -2.93. The number of carbonyl (C=O) groups is 1. The molecule has 0 unspecified atom stereocenters. The molecular formula is C27H20F4N3O3S2+. The van der Waals surface area contributed by atoms with Gasteiger partial charge in [0.25, 0.3) is 6.43 Å². The molecule has 200 valence electrons. The van der Waals surface area contributed by atoms with E-state index in [9.17, 15) is 32.0 Å². The second-order valence-corrected chi connectivity index (χ2v) is 10.5. The Hall–Kier alpha value is -3.66.